The molecular formula is C10H15N3O2. The van der Waals surface area contributed by atoms with E-state index in [2.05, 4.69) is 10.3 Å². The van der Waals surface area contributed by atoms with Gasteiger partial charge >= 0.3 is 5.97 Å². The molecule has 0 saturated heterocycles. The van der Waals surface area contributed by atoms with Crippen LogP contribution in [0.15, 0.2) is 12.3 Å². The maximum Gasteiger partial charge on any atom is 0.326 e. The molecule has 0 amide bonds. The molecule has 0 aromatic carbocycles. The highest BCUT2D eigenvalue weighted by atomic mass is 16.4. The molecule has 0 aliphatic rings. The molecule has 5 nitrogen and oxygen atoms in total. The standard InChI is InChI=1S/C10H15N3O2/c1-3-8(10(14)15)13-9-6(2)4-7(11)5-12-9/h4-5,8H,3,11H2,1-2H3,(H,12,13)(H,14,15). The van der Waals surface area contributed by atoms with Crippen LogP contribution in [0, 0.1) is 6.92 Å². The summed E-state index contributed by atoms with van der Waals surface area (Å²) in [5.41, 5.74) is 6.96. The monoisotopic (exact) mass is 209 g/mol. The molecule has 0 aliphatic heterocycles. The van der Waals surface area contributed by atoms with Crippen LogP contribution >= 0.6 is 0 Å². The maximum absolute atomic E-state index is 10.8. The van der Waals surface area contributed by atoms with Crippen LogP contribution in [0.5, 0.6) is 0 Å². The number of nitrogens with zero attached hydrogens (tertiary/aromatic N) is 1. The topological polar surface area (TPSA) is 88.2 Å². The number of aromatic nitrogens is 1. The van der Waals surface area contributed by atoms with Crippen molar-refractivity contribution in [3.63, 3.8) is 0 Å². The van der Waals surface area contributed by atoms with Gasteiger partial charge in [-0.25, -0.2) is 9.78 Å². The van der Waals surface area contributed by atoms with Crippen LogP contribution in [0.1, 0.15) is 18.9 Å². The molecule has 4 N–H and O–H groups in total. The lowest BCUT2D eigenvalue weighted by atomic mass is 10.2. The van der Waals surface area contributed by atoms with Crippen LogP contribution in [0.4, 0.5) is 11.5 Å². The van der Waals surface area contributed by atoms with Crippen molar-refractivity contribution in [2.45, 2.75) is 26.3 Å². The Balaban J connectivity index is 2.84. The van der Waals surface area contributed by atoms with Gasteiger partial charge in [0.2, 0.25) is 0 Å². The number of rotatable bonds is 4. The van der Waals surface area contributed by atoms with Crippen LogP contribution in [0.25, 0.3) is 0 Å². The van der Waals surface area contributed by atoms with Crippen molar-refractivity contribution in [1.29, 1.82) is 0 Å². The summed E-state index contributed by atoms with van der Waals surface area (Å²) >= 11 is 0. The van der Waals surface area contributed by atoms with Crippen molar-refractivity contribution in [3.05, 3.63) is 17.8 Å². The van der Waals surface area contributed by atoms with E-state index in [1.807, 2.05) is 6.92 Å². The second-order valence-electron chi connectivity index (χ2n) is 3.38. The van der Waals surface area contributed by atoms with Crippen molar-refractivity contribution in [1.82, 2.24) is 4.98 Å². The predicted molar refractivity (Wildman–Crippen MR) is 58.7 cm³/mol. The zero-order chi connectivity index (χ0) is 11.4. The fourth-order valence-corrected chi connectivity index (χ4v) is 1.25. The molecule has 5 heteroatoms. The van der Waals surface area contributed by atoms with E-state index in [4.69, 9.17) is 10.8 Å². The average Bonchev–Trinajstić information content (AvgIpc) is 2.16. The molecule has 1 aromatic heterocycles. The molecule has 0 saturated carbocycles. The molecule has 15 heavy (non-hydrogen) atoms. The van der Waals surface area contributed by atoms with Gasteiger partial charge in [-0.2, -0.15) is 0 Å². The Kier molecular flexibility index (Phi) is 3.49. The number of nitrogen functional groups attached to an aromatic ring is 1. The lowest BCUT2D eigenvalue weighted by Crippen LogP contribution is -2.29. The summed E-state index contributed by atoms with van der Waals surface area (Å²) in [7, 11) is 0. The quantitative estimate of drug-likeness (QED) is 0.694. The van der Waals surface area contributed by atoms with E-state index in [0.717, 1.165) is 5.56 Å². The summed E-state index contributed by atoms with van der Waals surface area (Å²) < 4.78 is 0. The minimum atomic E-state index is -0.879. The van der Waals surface area contributed by atoms with Crippen molar-refractivity contribution < 1.29 is 9.90 Å². The van der Waals surface area contributed by atoms with Crippen LogP contribution < -0.4 is 11.1 Å². The van der Waals surface area contributed by atoms with Gasteiger partial charge in [0.25, 0.3) is 0 Å². The zero-order valence-electron chi connectivity index (χ0n) is 8.82. The fourth-order valence-electron chi connectivity index (χ4n) is 1.25. The summed E-state index contributed by atoms with van der Waals surface area (Å²) in [6.45, 7) is 3.64. The van der Waals surface area contributed by atoms with E-state index < -0.39 is 12.0 Å². The Hall–Kier alpha value is -1.78. The van der Waals surface area contributed by atoms with E-state index in [1.165, 1.54) is 6.20 Å². The number of aliphatic carboxylic acids is 1. The molecule has 0 fully saturated rings. The highest BCUT2D eigenvalue weighted by Crippen LogP contribution is 2.15. The minimum Gasteiger partial charge on any atom is -0.480 e. The molecule has 1 rings (SSSR count). The molecule has 0 bridgehead atoms. The number of carboxylic acid groups (broad SMARTS) is 1. The van der Waals surface area contributed by atoms with Crippen LogP contribution in [0.2, 0.25) is 0 Å². The molecular weight excluding hydrogens is 194 g/mol. The van der Waals surface area contributed by atoms with Crippen LogP contribution in [-0.2, 0) is 4.79 Å². The van der Waals surface area contributed by atoms with Gasteiger partial charge in [0.1, 0.15) is 11.9 Å². The van der Waals surface area contributed by atoms with Gasteiger partial charge < -0.3 is 16.2 Å². The summed E-state index contributed by atoms with van der Waals surface area (Å²) in [5, 5.41) is 11.7. The second-order valence-corrected chi connectivity index (χ2v) is 3.38. The van der Waals surface area contributed by atoms with Gasteiger partial charge in [0.05, 0.1) is 11.9 Å². The first-order chi connectivity index (χ1) is 7.04. The second kappa shape index (κ2) is 4.63. The van der Waals surface area contributed by atoms with E-state index in [0.29, 0.717) is 17.9 Å². The van der Waals surface area contributed by atoms with E-state index in [1.54, 1.807) is 13.0 Å². The summed E-state index contributed by atoms with van der Waals surface area (Å²) in [4.78, 5) is 14.8. The molecule has 0 spiro atoms. The number of aryl methyl sites for hydroxylation is 1. The molecule has 1 heterocycles. The van der Waals surface area contributed by atoms with Gasteiger partial charge in [-0.1, -0.05) is 6.92 Å². The third-order valence-electron chi connectivity index (χ3n) is 2.12. The highest BCUT2D eigenvalue weighted by molar-refractivity contribution is 5.77. The average molecular weight is 209 g/mol. The first-order valence-electron chi connectivity index (χ1n) is 4.76. The van der Waals surface area contributed by atoms with Gasteiger partial charge in [0.15, 0.2) is 0 Å². The van der Waals surface area contributed by atoms with Gasteiger partial charge in [0, 0.05) is 0 Å². The van der Waals surface area contributed by atoms with Crippen molar-refractivity contribution >= 4 is 17.5 Å². The number of carboxylic acids is 1. The van der Waals surface area contributed by atoms with Crippen LogP contribution in [-0.4, -0.2) is 22.1 Å². The number of carbonyl (C=O) groups is 1. The van der Waals surface area contributed by atoms with Crippen molar-refractivity contribution in [2.75, 3.05) is 11.1 Å². The third kappa shape index (κ3) is 2.83. The van der Waals surface area contributed by atoms with Gasteiger partial charge in [-0.15, -0.1) is 0 Å². The molecule has 1 aromatic rings. The number of nitrogens with two attached hydrogens (primary N) is 1. The van der Waals surface area contributed by atoms with Gasteiger partial charge in [-0.05, 0) is 25.0 Å². The Morgan fingerprint density at radius 2 is 2.40 bits per heavy atom. The van der Waals surface area contributed by atoms with Gasteiger partial charge in [-0.3, -0.25) is 0 Å². The Bertz CT molecular complexity index is 366. The lowest BCUT2D eigenvalue weighted by Gasteiger charge is -2.14. The summed E-state index contributed by atoms with van der Waals surface area (Å²) in [6, 6.07) is 1.14. The Labute approximate surface area is 88.3 Å². The zero-order valence-corrected chi connectivity index (χ0v) is 8.82. The third-order valence-corrected chi connectivity index (χ3v) is 2.12. The number of anilines is 2. The molecule has 1 atom stereocenters. The molecule has 1 unspecified atom stereocenters. The lowest BCUT2D eigenvalue weighted by molar-refractivity contribution is -0.137. The van der Waals surface area contributed by atoms with E-state index in [9.17, 15) is 4.79 Å². The molecule has 0 radical (unpaired) electrons. The van der Waals surface area contributed by atoms with Crippen molar-refractivity contribution in [3.8, 4) is 0 Å². The molecule has 0 aliphatic carbocycles. The predicted octanol–water partition coefficient (Wildman–Crippen LogP) is 1.25. The number of hydrogen-bond donors (Lipinski definition) is 3. The maximum atomic E-state index is 10.8. The van der Waals surface area contributed by atoms with E-state index in [-0.39, 0.29) is 0 Å². The highest BCUT2D eigenvalue weighted by Gasteiger charge is 2.15. The van der Waals surface area contributed by atoms with E-state index >= 15 is 0 Å². The van der Waals surface area contributed by atoms with Crippen molar-refractivity contribution in [2.24, 2.45) is 0 Å². The Morgan fingerprint density at radius 1 is 1.73 bits per heavy atom. The number of pyridine rings is 1. The number of nitrogens with one attached hydrogen (secondary N) is 1. The Morgan fingerprint density at radius 3 is 2.87 bits per heavy atom. The SMILES string of the molecule is CCC(Nc1ncc(N)cc1C)C(=O)O. The largest absolute Gasteiger partial charge is 0.480 e. The number of hydrogen-bond acceptors (Lipinski definition) is 4. The molecule has 82 valence electrons. The first-order valence-corrected chi connectivity index (χ1v) is 4.76. The normalized spacial score (nSPS) is 12.1. The first kappa shape index (κ1) is 11.3. The summed E-state index contributed by atoms with van der Waals surface area (Å²) in [6.07, 6.45) is 2.00. The smallest absolute Gasteiger partial charge is 0.326 e. The van der Waals surface area contributed by atoms with Crippen LogP contribution in [0.3, 0.4) is 0 Å². The fraction of sp³-hybridized carbons (Fsp3) is 0.400. The minimum absolute atomic E-state index is 0.501. The summed E-state index contributed by atoms with van der Waals surface area (Å²) in [5.74, 6) is -0.311.